The van der Waals surface area contributed by atoms with E-state index in [-0.39, 0.29) is 11.1 Å². The van der Waals surface area contributed by atoms with E-state index in [1.807, 2.05) is 12.1 Å². The summed E-state index contributed by atoms with van der Waals surface area (Å²) in [6.07, 6.45) is 5.37. The summed E-state index contributed by atoms with van der Waals surface area (Å²) in [5, 5.41) is 0. The maximum Gasteiger partial charge on any atom is 0.158 e. The van der Waals surface area contributed by atoms with Crippen LogP contribution in [0, 0.1) is 11.6 Å². The molecule has 2 nitrogen and oxygen atoms in total. The third-order valence-electron chi connectivity index (χ3n) is 8.41. The molecule has 0 amide bonds. The fourth-order valence-electron chi connectivity index (χ4n) is 6.45. The average molecular weight is 882 g/mol. The second kappa shape index (κ2) is 13.7. The van der Waals surface area contributed by atoms with Gasteiger partial charge < -0.3 is 0 Å². The fourth-order valence-corrected chi connectivity index (χ4v) is 10.6. The Labute approximate surface area is 296 Å². The molecular formula is C36H28Br4F2O2S. The Kier molecular flexibility index (Phi) is 10.0. The van der Waals surface area contributed by atoms with Gasteiger partial charge in [-0.05, 0) is 132 Å². The number of rotatable bonds is 8. The molecule has 2 aliphatic rings. The van der Waals surface area contributed by atoms with Gasteiger partial charge in [-0.15, -0.1) is 0 Å². The van der Waals surface area contributed by atoms with Crippen molar-refractivity contribution in [3.63, 3.8) is 0 Å². The maximum atomic E-state index is 15.4. The lowest BCUT2D eigenvalue weighted by Gasteiger charge is -2.13. The highest BCUT2D eigenvalue weighted by molar-refractivity contribution is 9.11. The molecule has 0 radical (unpaired) electrons. The van der Waals surface area contributed by atoms with Crippen LogP contribution in [0.15, 0.2) is 90.7 Å². The van der Waals surface area contributed by atoms with Crippen LogP contribution < -0.4 is 0 Å². The van der Waals surface area contributed by atoms with Gasteiger partial charge in [-0.1, -0.05) is 88.0 Å². The third-order valence-corrected chi connectivity index (χ3v) is 11.7. The van der Waals surface area contributed by atoms with E-state index < -0.39 is 33.0 Å². The zero-order valence-corrected chi connectivity index (χ0v) is 31.2. The Morgan fingerprint density at radius 2 is 0.822 bits per heavy atom. The van der Waals surface area contributed by atoms with E-state index in [2.05, 4.69) is 88.0 Å². The number of halogens is 6. The van der Waals surface area contributed by atoms with E-state index in [4.69, 9.17) is 0 Å². The van der Waals surface area contributed by atoms with Crippen molar-refractivity contribution in [1.82, 2.24) is 0 Å². The summed E-state index contributed by atoms with van der Waals surface area (Å²) in [5.74, 6) is -2.14. The molecule has 0 aromatic heterocycles. The minimum absolute atomic E-state index is 0.0852. The number of hydrogen-bond donors (Lipinski definition) is 0. The van der Waals surface area contributed by atoms with E-state index in [1.165, 1.54) is 23.3 Å². The summed E-state index contributed by atoms with van der Waals surface area (Å²) in [7, 11) is -3.85. The van der Waals surface area contributed by atoms with Gasteiger partial charge in [0.15, 0.2) is 9.84 Å². The molecule has 0 saturated carbocycles. The van der Waals surface area contributed by atoms with Crippen molar-refractivity contribution in [2.24, 2.45) is 0 Å². The molecule has 4 aromatic carbocycles. The Balaban J connectivity index is 1.21. The minimum atomic E-state index is -3.85. The Morgan fingerprint density at radius 1 is 0.489 bits per heavy atom. The highest BCUT2D eigenvalue weighted by atomic mass is 79.9. The van der Waals surface area contributed by atoms with Gasteiger partial charge in [-0.3, -0.25) is 0 Å². The first-order chi connectivity index (χ1) is 21.5. The van der Waals surface area contributed by atoms with Gasteiger partial charge in [-0.25, -0.2) is 17.2 Å². The summed E-state index contributed by atoms with van der Waals surface area (Å²) >= 11 is 14.2. The molecule has 45 heavy (non-hydrogen) atoms. The van der Waals surface area contributed by atoms with Crippen molar-refractivity contribution in [2.45, 2.75) is 50.0 Å². The van der Waals surface area contributed by atoms with Gasteiger partial charge >= 0.3 is 0 Å². The third kappa shape index (κ3) is 7.64. The molecule has 0 fully saturated rings. The van der Waals surface area contributed by atoms with Crippen molar-refractivity contribution in [2.75, 3.05) is 0 Å². The van der Waals surface area contributed by atoms with Crippen molar-refractivity contribution < 1.29 is 17.2 Å². The van der Waals surface area contributed by atoms with Crippen LogP contribution in [-0.2, 0) is 21.3 Å². The highest BCUT2D eigenvalue weighted by Crippen LogP contribution is 2.43. The van der Waals surface area contributed by atoms with Crippen LogP contribution in [-0.4, -0.2) is 8.42 Å². The zero-order chi connectivity index (χ0) is 31.9. The van der Waals surface area contributed by atoms with Gasteiger partial charge in [0.25, 0.3) is 0 Å². The molecule has 9 heteroatoms. The number of benzene rings is 4. The molecule has 4 aromatic rings. The quantitative estimate of drug-likeness (QED) is 0.177. The summed E-state index contributed by atoms with van der Waals surface area (Å²) in [6, 6.07) is 21.7. The molecular weight excluding hydrogens is 854 g/mol. The second-order valence-electron chi connectivity index (χ2n) is 11.6. The SMILES string of the molecule is O=S(=O)(Cc1ccc(C2=C(c3cc(Br)cc(Br)c3)CCC2)cc1F)Cc1ccc(C2=C(c3cc(Br)cc(Br)c3)CCC2)cc1F. The predicted molar refractivity (Wildman–Crippen MR) is 194 cm³/mol. The fraction of sp³-hybridized carbons (Fsp3) is 0.222. The normalized spacial score (nSPS) is 15.4. The predicted octanol–water partition coefficient (Wildman–Crippen LogP) is 12.3. The maximum absolute atomic E-state index is 15.4. The van der Waals surface area contributed by atoms with Gasteiger partial charge in [-0.2, -0.15) is 0 Å². The summed E-state index contributed by atoms with van der Waals surface area (Å²) in [4.78, 5) is 0. The molecule has 0 N–H and O–H groups in total. The second-order valence-corrected chi connectivity index (χ2v) is 17.3. The van der Waals surface area contributed by atoms with Gasteiger partial charge in [0.1, 0.15) is 11.6 Å². The monoisotopic (exact) mass is 878 g/mol. The zero-order valence-electron chi connectivity index (χ0n) is 24.1. The van der Waals surface area contributed by atoms with E-state index in [9.17, 15) is 8.42 Å². The minimum Gasteiger partial charge on any atom is -0.228 e. The number of sulfone groups is 1. The lowest BCUT2D eigenvalue weighted by atomic mass is 9.96. The molecule has 232 valence electrons. The first-order valence-corrected chi connectivity index (χ1v) is 19.6. The van der Waals surface area contributed by atoms with Crippen LogP contribution in [0.1, 0.15) is 71.9 Å². The first-order valence-electron chi connectivity index (χ1n) is 14.6. The van der Waals surface area contributed by atoms with Gasteiger partial charge in [0.05, 0.1) is 11.5 Å². The Morgan fingerprint density at radius 3 is 1.16 bits per heavy atom. The highest BCUT2D eigenvalue weighted by Gasteiger charge is 2.23. The smallest absolute Gasteiger partial charge is 0.158 e. The van der Waals surface area contributed by atoms with Crippen LogP contribution in [0.2, 0.25) is 0 Å². The van der Waals surface area contributed by atoms with Crippen LogP contribution >= 0.6 is 63.7 Å². The number of hydrogen-bond acceptors (Lipinski definition) is 2. The lowest BCUT2D eigenvalue weighted by molar-refractivity contribution is 0.580. The van der Waals surface area contributed by atoms with Crippen molar-refractivity contribution >= 4 is 95.8 Å². The van der Waals surface area contributed by atoms with Crippen LogP contribution in [0.4, 0.5) is 8.78 Å². The molecule has 0 bridgehead atoms. The van der Waals surface area contributed by atoms with Crippen LogP contribution in [0.3, 0.4) is 0 Å². The first kappa shape index (κ1) is 33.0. The van der Waals surface area contributed by atoms with Crippen LogP contribution in [0.5, 0.6) is 0 Å². The Hall–Kier alpha value is -1.91. The summed E-state index contributed by atoms with van der Waals surface area (Å²) in [5.41, 5.74) is 8.32. The van der Waals surface area contributed by atoms with E-state index >= 15 is 8.78 Å². The largest absolute Gasteiger partial charge is 0.228 e. The van der Waals surface area contributed by atoms with Crippen molar-refractivity contribution in [1.29, 1.82) is 0 Å². The molecule has 6 rings (SSSR count). The molecule has 0 spiro atoms. The van der Waals surface area contributed by atoms with Gasteiger partial charge in [0, 0.05) is 29.0 Å². The molecule has 0 saturated heterocycles. The average Bonchev–Trinajstić information content (AvgIpc) is 3.65. The van der Waals surface area contributed by atoms with E-state index in [0.717, 1.165) is 89.8 Å². The molecule has 0 unspecified atom stereocenters. The lowest BCUT2D eigenvalue weighted by Crippen LogP contribution is -2.10. The molecule has 0 atom stereocenters. The molecule has 0 heterocycles. The van der Waals surface area contributed by atoms with E-state index in [1.54, 1.807) is 24.3 Å². The molecule has 2 aliphatic carbocycles. The van der Waals surface area contributed by atoms with Crippen molar-refractivity contribution in [3.05, 3.63) is 136 Å². The van der Waals surface area contributed by atoms with Gasteiger partial charge in [0.2, 0.25) is 0 Å². The topological polar surface area (TPSA) is 34.1 Å². The standard InChI is InChI=1S/C36H28Br4F2O2S/c37-27-11-25(12-28(38)17-27)33-5-1-3-31(33)21-7-9-23(35(41)15-21)19-45(43,44)20-24-10-8-22(16-36(24)42)32-4-2-6-34(32)26-13-29(39)18-30(40)14-26/h7-18H,1-6,19-20H2. The Bertz CT molecular complexity index is 1820. The molecule has 0 aliphatic heterocycles. The van der Waals surface area contributed by atoms with Crippen molar-refractivity contribution in [3.8, 4) is 0 Å². The van der Waals surface area contributed by atoms with E-state index in [0.29, 0.717) is 0 Å². The van der Waals surface area contributed by atoms with Crippen LogP contribution in [0.25, 0.3) is 22.3 Å². The summed E-state index contributed by atoms with van der Waals surface area (Å²) in [6.45, 7) is 0. The summed E-state index contributed by atoms with van der Waals surface area (Å²) < 4.78 is 61.0. The number of allylic oxidation sites excluding steroid dienone is 4.